The fraction of sp³-hybridized carbons (Fsp3) is 0.417. The number of amides is 1. The van der Waals surface area contributed by atoms with E-state index < -0.39 is 11.2 Å². The van der Waals surface area contributed by atoms with Crippen LogP contribution >= 0.6 is 23.4 Å². The zero-order valence-corrected chi connectivity index (χ0v) is 12.1. The summed E-state index contributed by atoms with van der Waals surface area (Å²) in [6.45, 7) is 0.134. The minimum Gasteiger partial charge on any atom is -0.465 e. The molecule has 0 spiro atoms. The van der Waals surface area contributed by atoms with Crippen molar-refractivity contribution in [2.75, 3.05) is 22.9 Å². The number of hydrogen-bond acceptors (Lipinski definition) is 5. The molecule has 1 heterocycles. The lowest BCUT2D eigenvalue weighted by atomic mass is 10.1. The number of halogens is 1. The highest BCUT2D eigenvalue weighted by Crippen LogP contribution is 2.43. The molecule has 8 heteroatoms. The molecule has 1 atom stereocenters. The van der Waals surface area contributed by atoms with Crippen molar-refractivity contribution in [3.8, 4) is 0 Å². The molecule has 0 aliphatic carbocycles. The molecule has 110 valence electrons. The van der Waals surface area contributed by atoms with Crippen molar-refractivity contribution in [3.63, 3.8) is 0 Å². The number of thioether (sulfide) groups is 1. The third-order valence-corrected chi connectivity index (χ3v) is 4.80. The van der Waals surface area contributed by atoms with Gasteiger partial charge >= 0.3 is 6.09 Å². The van der Waals surface area contributed by atoms with Gasteiger partial charge in [-0.05, 0) is 24.6 Å². The van der Waals surface area contributed by atoms with Crippen molar-refractivity contribution < 1.29 is 20.1 Å². The number of nitrogens with two attached hydrogens (primary N) is 1. The Labute approximate surface area is 125 Å². The van der Waals surface area contributed by atoms with Gasteiger partial charge in [-0.25, -0.2) is 4.79 Å². The number of hydrogen-bond donors (Lipinski definition) is 4. The van der Waals surface area contributed by atoms with Crippen molar-refractivity contribution in [3.05, 3.63) is 23.2 Å². The fourth-order valence-electron chi connectivity index (χ4n) is 2.00. The maximum Gasteiger partial charge on any atom is 0.411 e. The van der Waals surface area contributed by atoms with E-state index in [1.165, 1.54) is 12.1 Å². The molecule has 1 fully saturated rings. The van der Waals surface area contributed by atoms with E-state index in [0.29, 0.717) is 22.9 Å². The third kappa shape index (κ3) is 3.12. The van der Waals surface area contributed by atoms with Crippen LogP contribution in [0.1, 0.15) is 6.42 Å². The number of nitrogens with zero attached hydrogens (tertiary/aromatic N) is 1. The first kappa shape index (κ1) is 15.2. The molecule has 1 aliphatic heterocycles. The van der Waals surface area contributed by atoms with Gasteiger partial charge in [-0.1, -0.05) is 23.4 Å². The molecule has 1 aliphatic rings. The molecule has 2 rings (SSSR count). The summed E-state index contributed by atoms with van der Waals surface area (Å²) >= 11 is 6.82. The normalized spacial score (nSPS) is 20.2. The Balaban J connectivity index is 2.09. The lowest BCUT2D eigenvalue weighted by molar-refractivity contribution is -0.128. The molecule has 0 bridgehead atoms. The van der Waals surface area contributed by atoms with Crippen LogP contribution in [0.5, 0.6) is 0 Å². The van der Waals surface area contributed by atoms with E-state index >= 15 is 0 Å². The molecule has 0 aromatic heterocycles. The van der Waals surface area contributed by atoms with Crippen LogP contribution in [-0.4, -0.2) is 38.8 Å². The molecule has 6 nitrogen and oxygen atoms in total. The van der Waals surface area contributed by atoms with Gasteiger partial charge < -0.3 is 21.1 Å². The van der Waals surface area contributed by atoms with Crippen LogP contribution in [0.15, 0.2) is 18.2 Å². The molecule has 5 N–H and O–H groups in total. The molecule has 0 radical (unpaired) electrons. The Morgan fingerprint density at radius 3 is 2.70 bits per heavy atom. The van der Waals surface area contributed by atoms with Crippen molar-refractivity contribution in [1.82, 2.24) is 0 Å². The topological polar surface area (TPSA) is 107 Å². The highest BCUT2D eigenvalue weighted by atomic mass is 35.5. The average molecular weight is 319 g/mol. The van der Waals surface area contributed by atoms with Crippen molar-refractivity contribution in [1.29, 1.82) is 0 Å². The number of nitrogen functional groups attached to an aromatic ring is 1. The number of rotatable bonds is 4. The second kappa shape index (κ2) is 5.69. The zero-order valence-electron chi connectivity index (χ0n) is 10.5. The van der Waals surface area contributed by atoms with Crippen molar-refractivity contribution in [2.45, 2.75) is 11.5 Å². The first-order chi connectivity index (χ1) is 9.31. The van der Waals surface area contributed by atoms with E-state index in [1.807, 2.05) is 0 Å². The Bertz CT molecular complexity index is 526. The summed E-state index contributed by atoms with van der Waals surface area (Å²) < 4.78 is 0. The molecule has 20 heavy (non-hydrogen) atoms. The van der Waals surface area contributed by atoms with Gasteiger partial charge in [0, 0.05) is 23.2 Å². The minimum absolute atomic E-state index is 0.134. The Morgan fingerprint density at radius 2 is 2.25 bits per heavy atom. The summed E-state index contributed by atoms with van der Waals surface area (Å²) in [6, 6.07) is 4.58. The van der Waals surface area contributed by atoms with Gasteiger partial charge in [-0.15, -0.1) is 0 Å². The SMILES string of the molecule is Nc1cc(Cl)ccc1N(CCC1CSC1(O)O)C(=O)O. The molecular weight excluding hydrogens is 304 g/mol. The largest absolute Gasteiger partial charge is 0.465 e. The summed E-state index contributed by atoms with van der Waals surface area (Å²) in [4.78, 5) is 12.4. The average Bonchev–Trinajstić information content (AvgIpc) is 2.34. The quantitative estimate of drug-likeness (QED) is 0.498. The van der Waals surface area contributed by atoms with Gasteiger partial charge in [-0.2, -0.15) is 0 Å². The molecule has 1 aromatic rings. The van der Waals surface area contributed by atoms with E-state index in [9.17, 15) is 20.1 Å². The molecule has 0 saturated carbocycles. The fourth-order valence-corrected chi connectivity index (χ4v) is 3.16. The first-order valence-corrected chi connectivity index (χ1v) is 7.32. The Morgan fingerprint density at radius 1 is 1.55 bits per heavy atom. The third-order valence-electron chi connectivity index (χ3n) is 3.24. The number of carboxylic acid groups (broad SMARTS) is 1. The minimum atomic E-state index is -1.75. The molecule has 1 amide bonds. The predicted octanol–water partition coefficient (Wildman–Crippen LogP) is 1.80. The maximum atomic E-state index is 11.3. The number of carbonyl (C=O) groups is 1. The van der Waals surface area contributed by atoms with Gasteiger partial charge in [0.1, 0.15) is 0 Å². The van der Waals surface area contributed by atoms with Gasteiger partial charge in [0.25, 0.3) is 0 Å². The predicted molar refractivity (Wildman–Crippen MR) is 79.0 cm³/mol. The van der Waals surface area contributed by atoms with Crippen LogP contribution in [-0.2, 0) is 0 Å². The monoisotopic (exact) mass is 318 g/mol. The van der Waals surface area contributed by atoms with Crippen LogP contribution < -0.4 is 10.6 Å². The van der Waals surface area contributed by atoms with Crippen molar-refractivity contribution >= 4 is 40.8 Å². The van der Waals surface area contributed by atoms with Crippen LogP contribution in [0.25, 0.3) is 0 Å². The van der Waals surface area contributed by atoms with Crippen LogP contribution in [0.2, 0.25) is 5.02 Å². The lowest BCUT2D eigenvalue weighted by Crippen LogP contribution is -2.47. The molecule has 1 saturated heterocycles. The summed E-state index contributed by atoms with van der Waals surface area (Å²) in [5.74, 6) is 0.249. The van der Waals surface area contributed by atoms with Crippen LogP contribution in [0, 0.1) is 5.92 Å². The molecule has 1 unspecified atom stereocenters. The van der Waals surface area contributed by atoms with E-state index in [2.05, 4.69) is 0 Å². The van der Waals surface area contributed by atoms with E-state index in [4.69, 9.17) is 17.3 Å². The number of aliphatic hydroxyl groups is 2. The van der Waals surface area contributed by atoms with Crippen LogP contribution in [0.3, 0.4) is 0 Å². The molecule has 1 aromatic carbocycles. The molecular formula is C12H15ClN2O4S. The number of benzene rings is 1. The summed E-state index contributed by atoms with van der Waals surface area (Å²) in [5.41, 5.74) is 6.38. The standard InChI is InChI=1S/C12H15ClN2O4S/c13-8-1-2-10(9(14)5-8)15(11(16)17)4-3-7-6-20-12(7,18)19/h1-2,5,7,18-19H,3-4,6,14H2,(H,16,17). The van der Waals surface area contributed by atoms with Gasteiger partial charge in [0.15, 0.2) is 0 Å². The van der Waals surface area contributed by atoms with Crippen molar-refractivity contribution in [2.24, 2.45) is 5.92 Å². The Hall–Kier alpha value is -1.15. The summed E-state index contributed by atoms with van der Waals surface area (Å²) in [6.07, 6.45) is -0.804. The van der Waals surface area contributed by atoms with Crippen LogP contribution in [0.4, 0.5) is 16.2 Å². The van der Waals surface area contributed by atoms with E-state index in [0.717, 1.165) is 16.7 Å². The summed E-state index contributed by atoms with van der Waals surface area (Å²) in [7, 11) is 0. The number of anilines is 2. The second-order valence-corrected chi connectivity index (χ2v) is 6.25. The zero-order chi connectivity index (χ0) is 14.9. The summed E-state index contributed by atoms with van der Waals surface area (Å²) in [5, 5.41) is 26.9. The smallest absolute Gasteiger partial charge is 0.411 e. The Kier molecular flexibility index (Phi) is 4.33. The lowest BCUT2D eigenvalue weighted by Gasteiger charge is -2.40. The van der Waals surface area contributed by atoms with E-state index in [1.54, 1.807) is 6.07 Å². The van der Waals surface area contributed by atoms with E-state index in [-0.39, 0.29) is 18.2 Å². The van der Waals surface area contributed by atoms with Gasteiger partial charge in [0.05, 0.1) is 11.4 Å². The first-order valence-electron chi connectivity index (χ1n) is 5.95. The maximum absolute atomic E-state index is 11.3. The second-order valence-electron chi connectivity index (χ2n) is 4.59. The van der Waals surface area contributed by atoms with Gasteiger partial charge in [-0.3, -0.25) is 4.90 Å². The highest BCUT2D eigenvalue weighted by molar-refractivity contribution is 8.01. The highest BCUT2D eigenvalue weighted by Gasteiger charge is 2.44. The van der Waals surface area contributed by atoms with Gasteiger partial charge in [0.2, 0.25) is 5.12 Å².